The monoisotopic (exact) mass is 517 g/mol. The van der Waals surface area contributed by atoms with Gasteiger partial charge in [-0.15, -0.1) is 0 Å². The van der Waals surface area contributed by atoms with Crippen LogP contribution < -0.4 is 4.74 Å². The Morgan fingerprint density at radius 1 is 0.816 bits per heavy atom. The minimum Gasteiger partial charge on any atom is -0.497 e. The van der Waals surface area contributed by atoms with Crippen LogP contribution in [0.2, 0.25) is 0 Å². The number of methoxy groups -OCH3 is 1. The summed E-state index contributed by atoms with van der Waals surface area (Å²) < 4.78 is 16.6. The number of hydrazine groups is 1. The second kappa shape index (κ2) is 13.5. The van der Waals surface area contributed by atoms with Crippen molar-refractivity contribution in [2.24, 2.45) is 0 Å². The van der Waals surface area contributed by atoms with Crippen LogP contribution in [0.25, 0.3) is 0 Å². The molecule has 0 aliphatic carbocycles. The molecule has 1 heterocycles. The van der Waals surface area contributed by atoms with E-state index >= 15 is 0 Å². The molecule has 1 atom stereocenters. The Labute approximate surface area is 224 Å². The van der Waals surface area contributed by atoms with Crippen molar-refractivity contribution in [1.29, 1.82) is 0 Å². The lowest BCUT2D eigenvalue weighted by atomic mass is 10.1. The number of carbonyl (C=O) groups excluding carboxylic acids is 2. The first-order valence-electron chi connectivity index (χ1n) is 12.9. The van der Waals surface area contributed by atoms with Gasteiger partial charge >= 0.3 is 12.2 Å². The van der Waals surface area contributed by atoms with E-state index in [1.165, 1.54) is 10.0 Å². The van der Waals surface area contributed by atoms with Gasteiger partial charge < -0.3 is 14.2 Å². The average Bonchev–Trinajstić information content (AvgIpc) is 2.98. The summed E-state index contributed by atoms with van der Waals surface area (Å²) in [6.07, 6.45) is 0.275. The number of hydrogen-bond acceptors (Lipinski definition) is 6. The molecule has 0 aromatic heterocycles. The zero-order valence-corrected chi connectivity index (χ0v) is 22.0. The third-order valence-electron chi connectivity index (χ3n) is 6.54. The molecule has 1 aliphatic heterocycles. The average molecular weight is 518 g/mol. The van der Waals surface area contributed by atoms with Gasteiger partial charge in [0.2, 0.25) is 0 Å². The highest BCUT2D eigenvalue weighted by atomic mass is 16.6. The number of ether oxygens (including phenoxy) is 3. The number of rotatable bonds is 9. The summed E-state index contributed by atoms with van der Waals surface area (Å²) in [5, 5.41) is 2.80. The molecular formula is C30H35N3O5. The third-order valence-corrected chi connectivity index (χ3v) is 6.54. The molecule has 1 aliphatic rings. The zero-order chi connectivity index (χ0) is 26.7. The van der Waals surface area contributed by atoms with Gasteiger partial charge in [0, 0.05) is 13.1 Å². The minimum absolute atomic E-state index is 0.115. The predicted molar refractivity (Wildman–Crippen MR) is 144 cm³/mol. The number of benzene rings is 3. The van der Waals surface area contributed by atoms with E-state index in [-0.39, 0.29) is 25.9 Å². The zero-order valence-electron chi connectivity index (χ0n) is 22.0. The number of carbonyl (C=O) groups is 2. The minimum atomic E-state index is -0.588. The molecule has 4 rings (SSSR count). The van der Waals surface area contributed by atoms with Gasteiger partial charge in [0.25, 0.3) is 0 Å². The van der Waals surface area contributed by atoms with Crippen molar-refractivity contribution in [1.82, 2.24) is 14.9 Å². The van der Waals surface area contributed by atoms with Crippen molar-refractivity contribution >= 4 is 12.2 Å². The molecule has 38 heavy (non-hydrogen) atoms. The lowest BCUT2D eigenvalue weighted by Crippen LogP contribution is -2.65. The molecule has 0 spiro atoms. The van der Waals surface area contributed by atoms with Crippen LogP contribution in [-0.2, 0) is 29.1 Å². The molecule has 3 aromatic carbocycles. The largest absolute Gasteiger partial charge is 0.497 e. The summed E-state index contributed by atoms with van der Waals surface area (Å²) in [7, 11) is 1.65. The van der Waals surface area contributed by atoms with E-state index < -0.39 is 12.2 Å². The standard InChI is InChI=1S/C30H35N3O5/c1-3-27-20-31(18-17-24-15-10-16-28(19-24)36-2)23-32(29(34)37-21-25-11-6-4-7-12-25)33(27)30(35)38-22-26-13-8-5-9-14-26/h4-16,19,27H,3,17-18,20-23H2,1-2H3. The number of amides is 2. The van der Waals surface area contributed by atoms with Crippen LogP contribution in [-0.4, -0.2) is 60.0 Å². The van der Waals surface area contributed by atoms with E-state index in [1.54, 1.807) is 7.11 Å². The molecule has 0 bridgehead atoms. The maximum atomic E-state index is 13.3. The van der Waals surface area contributed by atoms with E-state index in [9.17, 15) is 9.59 Å². The fourth-order valence-electron chi connectivity index (χ4n) is 4.44. The smallest absolute Gasteiger partial charge is 0.430 e. The maximum absolute atomic E-state index is 13.3. The highest BCUT2D eigenvalue weighted by Gasteiger charge is 2.40. The van der Waals surface area contributed by atoms with E-state index in [1.807, 2.05) is 85.8 Å². The van der Waals surface area contributed by atoms with Gasteiger partial charge in [0.05, 0.1) is 19.8 Å². The molecule has 2 amide bonds. The Kier molecular flexibility index (Phi) is 9.59. The van der Waals surface area contributed by atoms with Crippen molar-refractivity contribution in [2.45, 2.75) is 39.0 Å². The van der Waals surface area contributed by atoms with Gasteiger partial charge in [-0.25, -0.2) is 14.6 Å². The van der Waals surface area contributed by atoms with Crippen LogP contribution in [0.3, 0.4) is 0 Å². The topological polar surface area (TPSA) is 71.6 Å². The molecular weight excluding hydrogens is 482 g/mol. The molecule has 1 saturated heterocycles. The number of hydrogen-bond donors (Lipinski definition) is 0. The normalized spacial score (nSPS) is 15.7. The summed E-state index contributed by atoms with van der Waals surface area (Å²) in [6, 6.07) is 26.7. The predicted octanol–water partition coefficient (Wildman–Crippen LogP) is 5.48. The molecule has 0 saturated carbocycles. The van der Waals surface area contributed by atoms with E-state index in [0.29, 0.717) is 19.5 Å². The lowest BCUT2D eigenvalue weighted by molar-refractivity contribution is -0.110. The van der Waals surface area contributed by atoms with E-state index in [4.69, 9.17) is 14.2 Å². The SMILES string of the molecule is CCC1CN(CCc2cccc(OC)c2)CN(C(=O)OCc2ccccc2)N1C(=O)OCc1ccccc1. The summed E-state index contributed by atoms with van der Waals surface area (Å²) in [5.74, 6) is 0.811. The Hall–Kier alpha value is -4.04. The summed E-state index contributed by atoms with van der Waals surface area (Å²) >= 11 is 0. The summed E-state index contributed by atoms with van der Waals surface area (Å²) in [6.45, 7) is 3.78. The molecule has 0 radical (unpaired) electrons. The fraction of sp³-hybridized carbons (Fsp3) is 0.333. The molecule has 200 valence electrons. The molecule has 1 fully saturated rings. The molecule has 8 heteroatoms. The summed E-state index contributed by atoms with van der Waals surface area (Å²) in [4.78, 5) is 28.8. The van der Waals surface area contributed by atoms with Gasteiger partial charge in [-0.05, 0) is 41.7 Å². The van der Waals surface area contributed by atoms with Crippen LogP contribution in [0.15, 0.2) is 84.9 Å². The van der Waals surface area contributed by atoms with Gasteiger partial charge in [-0.3, -0.25) is 4.90 Å². The number of nitrogens with zero attached hydrogens (tertiary/aromatic N) is 3. The Morgan fingerprint density at radius 3 is 2.03 bits per heavy atom. The second-order valence-electron chi connectivity index (χ2n) is 9.21. The van der Waals surface area contributed by atoms with Gasteiger partial charge in [0.1, 0.15) is 19.0 Å². The quantitative estimate of drug-likeness (QED) is 0.374. The van der Waals surface area contributed by atoms with Crippen LogP contribution in [0, 0.1) is 0 Å². The first-order valence-corrected chi connectivity index (χ1v) is 12.9. The van der Waals surface area contributed by atoms with E-state index in [0.717, 1.165) is 28.9 Å². The molecule has 0 N–H and O–H groups in total. The first kappa shape index (κ1) is 27.0. The van der Waals surface area contributed by atoms with Crippen molar-refractivity contribution < 1.29 is 23.8 Å². The van der Waals surface area contributed by atoms with Gasteiger partial charge in [0.15, 0.2) is 0 Å². The highest BCUT2D eigenvalue weighted by Crippen LogP contribution is 2.22. The van der Waals surface area contributed by atoms with Crippen LogP contribution >= 0.6 is 0 Å². The highest BCUT2D eigenvalue weighted by molar-refractivity contribution is 5.74. The third kappa shape index (κ3) is 7.26. The first-order chi connectivity index (χ1) is 18.6. The van der Waals surface area contributed by atoms with Gasteiger partial charge in [-0.1, -0.05) is 79.7 Å². The Morgan fingerprint density at radius 2 is 1.42 bits per heavy atom. The Balaban J connectivity index is 1.48. The van der Waals surface area contributed by atoms with E-state index in [2.05, 4.69) is 11.0 Å². The maximum Gasteiger partial charge on any atom is 0.430 e. The Bertz CT molecular complexity index is 1170. The van der Waals surface area contributed by atoms with Gasteiger partial charge in [-0.2, -0.15) is 5.01 Å². The van der Waals surface area contributed by atoms with Crippen LogP contribution in [0.4, 0.5) is 9.59 Å². The molecule has 1 unspecified atom stereocenters. The summed E-state index contributed by atoms with van der Waals surface area (Å²) in [5.41, 5.74) is 2.89. The van der Waals surface area contributed by atoms with Crippen molar-refractivity contribution in [2.75, 3.05) is 26.9 Å². The lowest BCUT2D eigenvalue weighted by Gasteiger charge is -2.46. The molecule has 3 aromatic rings. The fourth-order valence-corrected chi connectivity index (χ4v) is 4.44. The van der Waals surface area contributed by atoms with Crippen LogP contribution in [0.5, 0.6) is 5.75 Å². The van der Waals surface area contributed by atoms with Crippen molar-refractivity contribution in [3.63, 3.8) is 0 Å². The van der Waals surface area contributed by atoms with Crippen LogP contribution in [0.1, 0.15) is 30.0 Å². The van der Waals surface area contributed by atoms with Crippen molar-refractivity contribution in [3.8, 4) is 5.75 Å². The molecule has 8 nitrogen and oxygen atoms in total. The van der Waals surface area contributed by atoms with Crippen molar-refractivity contribution in [3.05, 3.63) is 102 Å². The second-order valence-corrected chi connectivity index (χ2v) is 9.21.